The molecule has 15 heavy (non-hydrogen) atoms. The normalized spacial score (nSPS) is 12.5. The Labute approximate surface area is 90.8 Å². The Morgan fingerprint density at radius 3 is 2.73 bits per heavy atom. The van der Waals surface area contributed by atoms with Crippen LogP contribution in [0.3, 0.4) is 0 Å². The lowest BCUT2D eigenvalue weighted by Gasteiger charge is -2.11. The van der Waals surface area contributed by atoms with Gasteiger partial charge in [0.05, 0.1) is 6.10 Å². The van der Waals surface area contributed by atoms with Crippen LogP contribution in [0, 0.1) is 6.92 Å². The van der Waals surface area contributed by atoms with Gasteiger partial charge in [0.1, 0.15) is 11.6 Å². The van der Waals surface area contributed by atoms with Gasteiger partial charge < -0.3 is 10.4 Å². The lowest BCUT2D eigenvalue weighted by Crippen LogP contribution is -2.19. The zero-order chi connectivity index (χ0) is 11.3. The minimum atomic E-state index is -0.314. The molecule has 0 fully saturated rings. The zero-order valence-corrected chi connectivity index (χ0v) is 9.62. The number of anilines is 1. The fourth-order valence-electron chi connectivity index (χ4n) is 1.27. The number of aliphatic hydroxyl groups is 1. The van der Waals surface area contributed by atoms with Crippen LogP contribution in [0.5, 0.6) is 0 Å². The highest BCUT2D eigenvalue weighted by Crippen LogP contribution is 2.07. The number of aromatic nitrogens is 2. The zero-order valence-electron chi connectivity index (χ0n) is 9.62. The average Bonchev–Trinajstić information content (AvgIpc) is 2.25. The second-order valence-corrected chi connectivity index (χ2v) is 3.59. The van der Waals surface area contributed by atoms with E-state index in [0.717, 1.165) is 30.2 Å². The molecule has 0 aromatic carbocycles. The molecule has 4 nitrogen and oxygen atoms in total. The number of nitrogens with zero attached hydrogens (tertiary/aromatic N) is 2. The summed E-state index contributed by atoms with van der Waals surface area (Å²) >= 11 is 0. The van der Waals surface area contributed by atoms with E-state index >= 15 is 0 Å². The Kier molecular flexibility index (Phi) is 4.49. The average molecular weight is 209 g/mol. The van der Waals surface area contributed by atoms with E-state index < -0.39 is 0 Å². The number of rotatable bonds is 5. The summed E-state index contributed by atoms with van der Waals surface area (Å²) in [5.74, 6) is 1.56. The topological polar surface area (TPSA) is 58.0 Å². The van der Waals surface area contributed by atoms with Crippen LogP contribution < -0.4 is 5.32 Å². The molecule has 2 N–H and O–H groups in total. The van der Waals surface area contributed by atoms with Gasteiger partial charge in [-0.05, 0) is 19.8 Å². The first-order chi connectivity index (χ1) is 7.15. The third-order valence-corrected chi connectivity index (χ3v) is 2.24. The summed E-state index contributed by atoms with van der Waals surface area (Å²) in [7, 11) is 0. The van der Waals surface area contributed by atoms with Gasteiger partial charge in [-0.1, -0.05) is 13.8 Å². The molecule has 4 heteroatoms. The van der Waals surface area contributed by atoms with Crippen LogP contribution in [0.25, 0.3) is 0 Å². The van der Waals surface area contributed by atoms with Crippen molar-refractivity contribution in [2.75, 3.05) is 11.9 Å². The molecule has 84 valence electrons. The highest BCUT2D eigenvalue weighted by Gasteiger charge is 2.03. The van der Waals surface area contributed by atoms with E-state index in [9.17, 15) is 5.11 Å². The van der Waals surface area contributed by atoms with E-state index in [2.05, 4.69) is 22.2 Å². The van der Waals surface area contributed by atoms with Crippen LogP contribution in [0.15, 0.2) is 6.07 Å². The fourth-order valence-corrected chi connectivity index (χ4v) is 1.27. The third-order valence-electron chi connectivity index (χ3n) is 2.24. The Bertz CT molecular complexity index is 315. The Hall–Kier alpha value is -1.16. The molecule has 0 aliphatic carbocycles. The summed E-state index contributed by atoms with van der Waals surface area (Å²) in [5, 5.41) is 12.5. The Morgan fingerprint density at radius 2 is 2.13 bits per heavy atom. The smallest absolute Gasteiger partial charge is 0.130 e. The minimum absolute atomic E-state index is 0.314. The fraction of sp³-hybridized carbons (Fsp3) is 0.636. The SMILES string of the molecule is CCc1cc(NCC(O)CC)nc(C)n1. The molecule has 0 bridgehead atoms. The third kappa shape index (κ3) is 3.83. The maximum atomic E-state index is 9.41. The van der Waals surface area contributed by atoms with Crippen molar-refractivity contribution in [1.29, 1.82) is 0 Å². The highest BCUT2D eigenvalue weighted by atomic mass is 16.3. The van der Waals surface area contributed by atoms with Gasteiger partial charge in [-0.15, -0.1) is 0 Å². The van der Waals surface area contributed by atoms with Crippen LogP contribution in [0.1, 0.15) is 31.8 Å². The van der Waals surface area contributed by atoms with Gasteiger partial charge in [0.2, 0.25) is 0 Å². The largest absolute Gasteiger partial charge is 0.391 e. The van der Waals surface area contributed by atoms with Crippen LogP contribution in [0.4, 0.5) is 5.82 Å². The molecular weight excluding hydrogens is 190 g/mol. The number of hydrogen-bond acceptors (Lipinski definition) is 4. The van der Waals surface area contributed by atoms with Crippen molar-refractivity contribution in [3.05, 3.63) is 17.6 Å². The summed E-state index contributed by atoms with van der Waals surface area (Å²) in [6.07, 6.45) is 1.33. The van der Waals surface area contributed by atoms with E-state index in [1.54, 1.807) is 0 Å². The molecular formula is C11H19N3O. The number of aryl methyl sites for hydroxylation is 2. The van der Waals surface area contributed by atoms with E-state index in [-0.39, 0.29) is 6.10 Å². The summed E-state index contributed by atoms with van der Waals surface area (Å²) in [4.78, 5) is 8.54. The van der Waals surface area contributed by atoms with Crippen LogP contribution in [0.2, 0.25) is 0 Å². The molecule has 1 aromatic rings. The molecule has 1 unspecified atom stereocenters. The molecule has 0 saturated heterocycles. The van der Waals surface area contributed by atoms with Crippen molar-refractivity contribution in [3.63, 3.8) is 0 Å². The van der Waals surface area contributed by atoms with Crippen molar-refractivity contribution in [2.24, 2.45) is 0 Å². The predicted octanol–water partition coefficient (Wildman–Crippen LogP) is 1.53. The molecule has 0 radical (unpaired) electrons. The molecule has 0 aliphatic heterocycles. The van der Waals surface area contributed by atoms with E-state index in [1.165, 1.54) is 0 Å². The molecule has 1 aromatic heterocycles. The monoisotopic (exact) mass is 209 g/mol. The molecule has 0 saturated carbocycles. The van der Waals surface area contributed by atoms with E-state index in [0.29, 0.717) is 6.54 Å². The quantitative estimate of drug-likeness (QED) is 0.772. The van der Waals surface area contributed by atoms with E-state index in [4.69, 9.17) is 0 Å². The maximum Gasteiger partial charge on any atom is 0.130 e. The predicted molar refractivity (Wildman–Crippen MR) is 60.9 cm³/mol. The highest BCUT2D eigenvalue weighted by molar-refractivity contribution is 5.36. The molecule has 0 spiro atoms. The van der Waals surface area contributed by atoms with Crippen molar-refractivity contribution in [2.45, 2.75) is 39.7 Å². The van der Waals surface area contributed by atoms with Gasteiger partial charge in [-0.2, -0.15) is 0 Å². The lowest BCUT2D eigenvalue weighted by atomic mass is 10.2. The van der Waals surface area contributed by atoms with Crippen molar-refractivity contribution in [1.82, 2.24) is 9.97 Å². The number of hydrogen-bond donors (Lipinski definition) is 2. The van der Waals surface area contributed by atoms with Crippen LogP contribution in [-0.4, -0.2) is 27.7 Å². The molecule has 0 amide bonds. The summed E-state index contributed by atoms with van der Waals surface area (Å²) < 4.78 is 0. The van der Waals surface area contributed by atoms with Crippen LogP contribution >= 0.6 is 0 Å². The van der Waals surface area contributed by atoms with E-state index in [1.807, 2.05) is 19.9 Å². The number of aliphatic hydroxyl groups excluding tert-OH is 1. The summed E-state index contributed by atoms with van der Waals surface area (Å²) in [6, 6.07) is 1.93. The molecule has 0 aliphatic rings. The number of nitrogens with one attached hydrogen (secondary N) is 1. The maximum absolute atomic E-state index is 9.41. The van der Waals surface area contributed by atoms with Crippen LogP contribution in [-0.2, 0) is 6.42 Å². The molecule has 1 atom stereocenters. The Morgan fingerprint density at radius 1 is 1.40 bits per heavy atom. The summed E-state index contributed by atoms with van der Waals surface area (Å²) in [5.41, 5.74) is 1.02. The van der Waals surface area contributed by atoms with Gasteiger partial charge in [-0.25, -0.2) is 9.97 Å². The van der Waals surface area contributed by atoms with Gasteiger partial charge in [-0.3, -0.25) is 0 Å². The van der Waals surface area contributed by atoms with Gasteiger partial charge in [0.15, 0.2) is 0 Å². The standard InChI is InChI=1S/C11H19N3O/c1-4-9-6-11(14-8(3)13-9)12-7-10(15)5-2/h6,10,15H,4-5,7H2,1-3H3,(H,12,13,14). The Balaban J connectivity index is 2.64. The van der Waals surface area contributed by atoms with Gasteiger partial charge >= 0.3 is 0 Å². The minimum Gasteiger partial charge on any atom is -0.391 e. The molecule has 1 heterocycles. The first-order valence-corrected chi connectivity index (χ1v) is 5.42. The van der Waals surface area contributed by atoms with Crippen molar-refractivity contribution in [3.8, 4) is 0 Å². The first-order valence-electron chi connectivity index (χ1n) is 5.42. The second kappa shape index (κ2) is 5.66. The second-order valence-electron chi connectivity index (χ2n) is 3.59. The van der Waals surface area contributed by atoms with Crippen molar-refractivity contribution >= 4 is 5.82 Å². The lowest BCUT2D eigenvalue weighted by molar-refractivity contribution is 0.183. The van der Waals surface area contributed by atoms with Gasteiger partial charge in [0, 0.05) is 18.3 Å². The summed E-state index contributed by atoms with van der Waals surface area (Å²) in [6.45, 7) is 6.43. The van der Waals surface area contributed by atoms with Gasteiger partial charge in [0.25, 0.3) is 0 Å². The van der Waals surface area contributed by atoms with Crippen molar-refractivity contribution < 1.29 is 5.11 Å². The molecule has 1 rings (SSSR count). The first kappa shape index (κ1) is 11.9.